The van der Waals surface area contributed by atoms with Gasteiger partial charge in [-0.3, -0.25) is 14.9 Å². The third-order valence-electron chi connectivity index (χ3n) is 3.97. The molecule has 1 aliphatic heterocycles. The van der Waals surface area contributed by atoms with Crippen molar-refractivity contribution in [1.29, 1.82) is 0 Å². The Kier molecular flexibility index (Phi) is 4.94. The van der Waals surface area contributed by atoms with Crippen molar-refractivity contribution in [2.45, 2.75) is 5.54 Å². The minimum Gasteiger partial charge on any atom is -0.367 e. The van der Waals surface area contributed by atoms with Crippen molar-refractivity contribution in [3.8, 4) is 0 Å². The molecule has 3 amide bonds. The van der Waals surface area contributed by atoms with Crippen LogP contribution in [0.25, 0.3) is 0 Å². The van der Waals surface area contributed by atoms with Gasteiger partial charge in [0.25, 0.3) is 5.91 Å². The maximum Gasteiger partial charge on any atom is 0.322 e. The molecule has 1 aromatic heterocycles. The van der Waals surface area contributed by atoms with E-state index in [1.807, 2.05) is 60.7 Å². The summed E-state index contributed by atoms with van der Waals surface area (Å²) in [5, 5.41) is 5.07. The number of carbonyl (C=O) groups is 2. The molecule has 0 unspecified atom stereocenters. The zero-order chi connectivity index (χ0) is 18.4. The smallest absolute Gasteiger partial charge is 0.322 e. The third-order valence-corrected chi connectivity index (χ3v) is 3.97. The van der Waals surface area contributed by atoms with Crippen LogP contribution >= 0.6 is 0 Å². The van der Waals surface area contributed by atoms with Crippen LogP contribution in [0.3, 0.4) is 0 Å². The molecule has 2 aromatic carbocycles. The first-order chi connectivity index (χ1) is 12.6. The van der Waals surface area contributed by atoms with Crippen LogP contribution in [0.1, 0.15) is 11.1 Å². The molecule has 0 spiro atoms. The van der Waals surface area contributed by atoms with Crippen molar-refractivity contribution in [3.63, 3.8) is 0 Å². The van der Waals surface area contributed by atoms with Crippen LogP contribution in [0, 0.1) is 0 Å². The van der Waals surface area contributed by atoms with Gasteiger partial charge in [-0.15, -0.1) is 0 Å². The van der Waals surface area contributed by atoms with Gasteiger partial charge < -0.3 is 10.3 Å². The van der Waals surface area contributed by atoms with E-state index in [1.165, 1.54) is 12.1 Å². The Morgan fingerprint density at radius 3 is 1.50 bits per heavy atom. The second kappa shape index (κ2) is 7.48. The number of aromatic amines is 1. The van der Waals surface area contributed by atoms with Crippen LogP contribution in [-0.2, 0) is 10.3 Å². The average molecular weight is 347 g/mol. The van der Waals surface area contributed by atoms with Crippen LogP contribution in [0.15, 0.2) is 90.0 Å². The van der Waals surface area contributed by atoms with E-state index in [-0.39, 0.29) is 11.3 Å². The fraction of sp³-hybridized carbons (Fsp3) is 0.0500. The number of benzene rings is 2. The van der Waals surface area contributed by atoms with E-state index in [0.29, 0.717) is 0 Å². The third kappa shape index (κ3) is 3.39. The summed E-state index contributed by atoms with van der Waals surface area (Å²) in [6.07, 6.45) is 3.20. The molecule has 0 bridgehead atoms. The van der Waals surface area contributed by atoms with Crippen molar-refractivity contribution in [1.82, 2.24) is 15.6 Å². The summed E-state index contributed by atoms with van der Waals surface area (Å²) in [7, 11) is 0. The largest absolute Gasteiger partial charge is 0.367 e. The Morgan fingerprint density at radius 2 is 1.15 bits per heavy atom. The van der Waals surface area contributed by atoms with Gasteiger partial charge in [0.1, 0.15) is 0 Å². The second-order valence-electron chi connectivity index (χ2n) is 5.63. The molecule has 6 nitrogen and oxygen atoms in total. The lowest BCUT2D eigenvalue weighted by molar-refractivity contribution is -0.122. The molecule has 4 rings (SSSR count). The summed E-state index contributed by atoms with van der Waals surface area (Å²) in [5.74, 6) is -0.352. The normalized spacial score (nSPS) is 14.6. The van der Waals surface area contributed by atoms with E-state index in [2.05, 4.69) is 15.6 Å². The standard InChI is InChI=1S/C15H12N2O2.C5H5NO/c18-13-15(17-14(19)16-13,11-7-3-1-4-8-11)12-9-5-2-6-10-12;7-5-1-3-6-4-2-5/h1-10H,(H2,16,17,18,19);1-4H,(H,6,7). The van der Waals surface area contributed by atoms with Crippen molar-refractivity contribution in [2.75, 3.05) is 0 Å². The Bertz CT molecular complexity index is 896. The van der Waals surface area contributed by atoms with Crippen LogP contribution in [0.4, 0.5) is 4.79 Å². The molecular weight excluding hydrogens is 330 g/mol. The Balaban J connectivity index is 0.000000236. The lowest BCUT2D eigenvalue weighted by Crippen LogP contribution is -2.44. The molecular formula is C20H17N3O3. The van der Waals surface area contributed by atoms with Gasteiger partial charge in [-0.1, -0.05) is 60.7 Å². The first-order valence-electron chi connectivity index (χ1n) is 8.01. The summed E-state index contributed by atoms with van der Waals surface area (Å²) < 4.78 is 0. The summed E-state index contributed by atoms with van der Waals surface area (Å²) in [4.78, 5) is 36.9. The number of hydrogen-bond donors (Lipinski definition) is 3. The molecule has 2 heterocycles. The van der Waals surface area contributed by atoms with Crippen molar-refractivity contribution in [3.05, 3.63) is 107 Å². The molecule has 3 N–H and O–H groups in total. The lowest BCUT2D eigenvalue weighted by Gasteiger charge is -2.27. The predicted molar refractivity (Wildman–Crippen MR) is 97.4 cm³/mol. The molecule has 0 radical (unpaired) electrons. The summed E-state index contributed by atoms with van der Waals surface area (Å²) >= 11 is 0. The molecule has 0 aliphatic carbocycles. The molecule has 6 heteroatoms. The number of aromatic nitrogens is 1. The first kappa shape index (κ1) is 17.2. The van der Waals surface area contributed by atoms with E-state index in [9.17, 15) is 14.4 Å². The number of hydrogen-bond acceptors (Lipinski definition) is 3. The molecule has 3 aromatic rings. The van der Waals surface area contributed by atoms with Gasteiger partial charge in [0, 0.05) is 24.5 Å². The van der Waals surface area contributed by atoms with Crippen molar-refractivity contribution >= 4 is 11.9 Å². The van der Waals surface area contributed by atoms with Gasteiger partial charge >= 0.3 is 6.03 Å². The minimum absolute atomic E-state index is 0.0405. The summed E-state index contributed by atoms with van der Waals surface area (Å²) in [5.41, 5.74) is 0.382. The van der Waals surface area contributed by atoms with Crippen LogP contribution in [-0.4, -0.2) is 16.9 Å². The molecule has 0 atom stereocenters. The number of pyridine rings is 1. The molecule has 1 aliphatic rings. The number of amides is 3. The Labute approximate surface area is 149 Å². The van der Waals surface area contributed by atoms with E-state index >= 15 is 0 Å². The first-order valence-corrected chi connectivity index (χ1v) is 8.01. The number of nitrogens with one attached hydrogen (secondary N) is 3. The number of urea groups is 1. The second-order valence-corrected chi connectivity index (χ2v) is 5.63. The van der Waals surface area contributed by atoms with E-state index in [4.69, 9.17) is 0 Å². The van der Waals surface area contributed by atoms with E-state index < -0.39 is 11.6 Å². The highest BCUT2D eigenvalue weighted by molar-refractivity contribution is 6.09. The number of imide groups is 1. The number of rotatable bonds is 2. The summed E-state index contributed by atoms with van der Waals surface area (Å²) in [6.45, 7) is 0. The maximum atomic E-state index is 12.3. The highest BCUT2D eigenvalue weighted by atomic mass is 16.2. The highest BCUT2D eigenvalue weighted by Gasteiger charge is 2.48. The predicted octanol–water partition coefficient (Wildman–Crippen LogP) is 2.14. The van der Waals surface area contributed by atoms with Crippen LogP contribution < -0.4 is 16.1 Å². The van der Waals surface area contributed by atoms with Crippen molar-refractivity contribution < 1.29 is 9.59 Å². The fourth-order valence-corrected chi connectivity index (χ4v) is 2.78. The average Bonchev–Trinajstić information content (AvgIpc) is 2.99. The molecule has 0 saturated carbocycles. The van der Waals surface area contributed by atoms with Gasteiger partial charge in [-0.05, 0) is 11.1 Å². The summed E-state index contributed by atoms with van der Waals surface area (Å²) in [6, 6.07) is 20.9. The quantitative estimate of drug-likeness (QED) is 0.620. The highest BCUT2D eigenvalue weighted by Crippen LogP contribution is 2.32. The van der Waals surface area contributed by atoms with Gasteiger partial charge in [-0.25, -0.2) is 4.79 Å². The van der Waals surface area contributed by atoms with E-state index in [0.717, 1.165) is 11.1 Å². The number of carbonyl (C=O) groups excluding carboxylic acids is 2. The topological polar surface area (TPSA) is 91.1 Å². The van der Waals surface area contributed by atoms with Crippen LogP contribution in [0.5, 0.6) is 0 Å². The lowest BCUT2D eigenvalue weighted by atomic mass is 9.83. The van der Waals surface area contributed by atoms with Gasteiger partial charge in [0.05, 0.1) is 0 Å². The monoisotopic (exact) mass is 347 g/mol. The van der Waals surface area contributed by atoms with Gasteiger partial charge in [0.2, 0.25) is 0 Å². The number of H-pyrrole nitrogens is 1. The van der Waals surface area contributed by atoms with E-state index in [1.54, 1.807) is 12.4 Å². The maximum absolute atomic E-state index is 12.3. The fourth-order valence-electron chi connectivity index (χ4n) is 2.78. The minimum atomic E-state index is -1.14. The van der Waals surface area contributed by atoms with Crippen molar-refractivity contribution in [2.24, 2.45) is 0 Å². The van der Waals surface area contributed by atoms with Crippen LogP contribution in [0.2, 0.25) is 0 Å². The zero-order valence-electron chi connectivity index (χ0n) is 13.8. The van der Waals surface area contributed by atoms with Gasteiger partial charge in [0.15, 0.2) is 11.0 Å². The van der Waals surface area contributed by atoms with Gasteiger partial charge in [-0.2, -0.15) is 0 Å². The molecule has 1 saturated heterocycles. The Morgan fingerprint density at radius 1 is 0.654 bits per heavy atom. The Hall–Kier alpha value is -3.67. The zero-order valence-corrected chi connectivity index (χ0v) is 13.8. The molecule has 26 heavy (non-hydrogen) atoms. The SMILES string of the molecule is O=C1NC(=O)C(c2ccccc2)(c2ccccc2)N1.O=c1cc[nH]cc1. The molecule has 1 fully saturated rings. The molecule has 130 valence electrons.